The Labute approximate surface area is 246 Å². The number of nitrogens with one attached hydrogen (secondary N) is 2. The van der Waals surface area contributed by atoms with Gasteiger partial charge in [0.05, 0.1) is 21.6 Å². The van der Waals surface area contributed by atoms with Gasteiger partial charge in [-0.2, -0.15) is 0 Å². The van der Waals surface area contributed by atoms with Crippen LogP contribution in [0.5, 0.6) is 5.75 Å². The van der Waals surface area contributed by atoms with Crippen molar-refractivity contribution in [3.63, 3.8) is 0 Å². The molecule has 3 aromatic carbocycles. The number of hydrogen-bond acceptors (Lipinski definition) is 7. The van der Waals surface area contributed by atoms with Gasteiger partial charge in [0.2, 0.25) is 0 Å². The number of aliphatic hydroxyl groups excluding tert-OH is 1. The maximum Gasteiger partial charge on any atom is 0.290 e. The summed E-state index contributed by atoms with van der Waals surface area (Å²) in [6.45, 7) is 0.611. The Morgan fingerprint density at radius 1 is 1.15 bits per heavy atom. The molecule has 2 atom stereocenters. The highest BCUT2D eigenvalue weighted by Crippen LogP contribution is 2.27. The minimum Gasteiger partial charge on any atom is -0.489 e. The number of rotatable bonds is 9. The number of carbonyl (C=O) groups excluding carboxylic acids is 1. The van der Waals surface area contributed by atoms with E-state index < -0.39 is 15.7 Å². The molecule has 0 aliphatic heterocycles. The lowest BCUT2D eigenvalue weighted by Gasteiger charge is -2.18. The number of aliphatic hydroxyl groups is 1. The summed E-state index contributed by atoms with van der Waals surface area (Å²) in [5.74, 6) is 0.286. The predicted molar refractivity (Wildman–Crippen MR) is 157 cm³/mol. The van der Waals surface area contributed by atoms with Gasteiger partial charge in [-0.15, -0.1) is 0 Å². The smallest absolute Gasteiger partial charge is 0.290 e. The van der Waals surface area contributed by atoms with Crippen LogP contribution in [-0.2, 0) is 27.8 Å². The predicted octanol–water partition coefficient (Wildman–Crippen LogP) is 5.04. The summed E-state index contributed by atoms with van der Waals surface area (Å²) in [6, 6.07) is 17.2. The molecule has 0 heterocycles. The van der Waals surface area contributed by atoms with Crippen molar-refractivity contribution in [2.24, 2.45) is 0 Å². The van der Waals surface area contributed by atoms with Crippen LogP contribution < -0.4 is 15.4 Å². The van der Waals surface area contributed by atoms with Gasteiger partial charge < -0.3 is 25.6 Å². The first-order chi connectivity index (χ1) is 19.0. The minimum atomic E-state index is -3.43. The fourth-order valence-corrected chi connectivity index (χ4v) is 5.64. The van der Waals surface area contributed by atoms with E-state index in [0.29, 0.717) is 12.2 Å². The molecule has 1 aliphatic carbocycles. The van der Waals surface area contributed by atoms with Gasteiger partial charge in [0, 0.05) is 34.6 Å². The molecular weight excluding hydrogens is 624 g/mol. The molecule has 0 unspecified atom stereocenters. The zero-order chi connectivity index (χ0) is 29.3. The van der Waals surface area contributed by atoms with Gasteiger partial charge in [-0.3, -0.25) is 9.59 Å². The molecule has 4 N–H and O–H groups in total. The third-order valence-electron chi connectivity index (χ3n) is 6.25. The van der Waals surface area contributed by atoms with Crippen molar-refractivity contribution >= 4 is 55.4 Å². The Hall–Kier alpha value is -2.96. The van der Waals surface area contributed by atoms with Crippen LogP contribution in [0.2, 0.25) is 5.02 Å². The molecule has 0 bridgehead atoms. The highest BCUT2D eigenvalue weighted by molar-refractivity contribution is 9.10. The lowest BCUT2D eigenvalue weighted by molar-refractivity contribution is -0.122. The standard InChI is InChI=1S/C27H28BrClN2O5S.CH2O2/c1-37(34,35)21-9-10-22(23(29)14-21)27(33)31-20-5-2-4-17(12-20)16-36-26-11-8-19(28)13-18(26)15-30-24-6-3-7-25(24)32;2-1-3/h2,4-5,8-14,24-25,30,32H,3,6-7,15-16H2,1H3,(H,31,33);1H,(H,2,3)/t24-,25-;/m0./s1. The van der Waals surface area contributed by atoms with Crippen LogP contribution in [0.1, 0.15) is 40.7 Å². The summed E-state index contributed by atoms with van der Waals surface area (Å²) in [5.41, 5.74) is 2.56. The number of ether oxygens (including phenoxy) is 1. The number of hydrogen-bond donors (Lipinski definition) is 4. The number of carbonyl (C=O) groups is 2. The molecule has 0 aromatic heterocycles. The first-order valence-corrected chi connectivity index (χ1v) is 15.4. The minimum absolute atomic E-state index is 0.0510. The number of sulfone groups is 1. The van der Waals surface area contributed by atoms with Crippen LogP contribution in [0.15, 0.2) is 70.0 Å². The lowest BCUT2D eigenvalue weighted by Crippen LogP contribution is -2.35. The number of carboxylic acid groups (broad SMARTS) is 1. The third-order valence-corrected chi connectivity index (χ3v) is 8.17. The van der Waals surface area contributed by atoms with Crippen LogP contribution in [0.25, 0.3) is 0 Å². The van der Waals surface area contributed by atoms with E-state index in [1.54, 1.807) is 6.07 Å². The van der Waals surface area contributed by atoms with Crippen LogP contribution >= 0.6 is 27.5 Å². The van der Waals surface area contributed by atoms with Gasteiger partial charge in [-0.05, 0) is 73.4 Å². The van der Waals surface area contributed by atoms with Crippen molar-refractivity contribution in [2.75, 3.05) is 11.6 Å². The van der Waals surface area contributed by atoms with E-state index in [1.807, 2.05) is 36.4 Å². The first kappa shape index (κ1) is 31.6. The monoisotopic (exact) mass is 652 g/mol. The maximum absolute atomic E-state index is 12.8. The molecule has 40 heavy (non-hydrogen) atoms. The van der Waals surface area contributed by atoms with Gasteiger partial charge in [-0.25, -0.2) is 8.42 Å². The molecular formula is C28H30BrClN2O7S. The van der Waals surface area contributed by atoms with E-state index in [9.17, 15) is 18.3 Å². The molecule has 1 saturated carbocycles. The second kappa shape index (κ2) is 14.6. The van der Waals surface area contributed by atoms with Crippen LogP contribution in [0.4, 0.5) is 5.69 Å². The molecule has 12 heteroatoms. The SMILES string of the molecule is CS(=O)(=O)c1ccc(C(=O)Nc2cccc(COc3ccc(Br)cc3CN[C@H]3CCC[C@@H]3O)c2)c(Cl)c1.O=CO. The van der Waals surface area contributed by atoms with Gasteiger partial charge in [-0.1, -0.05) is 39.7 Å². The second-order valence-corrected chi connectivity index (χ2v) is 12.5. The van der Waals surface area contributed by atoms with Crippen LogP contribution in [0.3, 0.4) is 0 Å². The number of halogens is 2. The average Bonchev–Trinajstić information content (AvgIpc) is 3.31. The summed E-state index contributed by atoms with van der Waals surface area (Å²) in [4.78, 5) is 21.2. The zero-order valence-electron chi connectivity index (χ0n) is 21.6. The molecule has 9 nitrogen and oxygen atoms in total. The molecule has 4 rings (SSSR count). The topological polar surface area (TPSA) is 142 Å². The van der Waals surface area contributed by atoms with Crippen molar-refractivity contribution < 1.29 is 33.0 Å². The fraction of sp³-hybridized carbons (Fsp3) is 0.286. The summed E-state index contributed by atoms with van der Waals surface area (Å²) in [5, 5.41) is 23.3. The van der Waals surface area contributed by atoms with Crippen molar-refractivity contribution in [2.45, 2.75) is 49.5 Å². The van der Waals surface area contributed by atoms with E-state index >= 15 is 0 Å². The van der Waals surface area contributed by atoms with Crippen LogP contribution in [0, 0.1) is 0 Å². The Bertz CT molecular complexity index is 1450. The molecule has 0 radical (unpaired) electrons. The number of anilines is 1. The lowest BCUT2D eigenvalue weighted by atomic mass is 10.1. The van der Waals surface area contributed by atoms with E-state index in [1.165, 1.54) is 18.2 Å². The van der Waals surface area contributed by atoms with Crippen molar-refractivity contribution in [1.82, 2.24) is 5.32 Å². The summed E-state index contributed by atoms with van der Waals surface area (Å²) in [6.07, 6.45) is 3.56. The van der Waals surface area contributed by atoms with E-state index in [2.05, 4.69) is 26.6 Å². The highest BCUT2D eigenvalue weighted by atomic mass is 79.9. The normalized spacial score (nSPS) is 16.5. The average molecular weight is 654 g/mol. The molecule has 3 aromatic rings. The van der Waals surface area contributed by atoms with Crippen LogP contribution in [-0.4, -0.2) is 49.4 Å². The summed E-state index contributed by atoms with van der Waals surface area (Å²) >= 11 is 9.69. The number of benzene rings is 3. The molecule has 1 aliphatic rings. The zero-order valence-corrected chi connectivity index (χ0v) is 24.8. The highest BCUT2D eigenvalue weighted by Gasteiger charge is 2.24. The largest absolute Gasteiger partial charge is 0.489 e. The fourth-order valence-electron chi connectivity index (χ4n) is 4.26. The Morgan fingerprint density at radius 2 is 1.90 bits per heavy atom. The molecule has 214 valence electrons. The van der Waals surface area contributed by atoms with Gasteiger partial charge in [0.25, 0.3) is 12.4 Å². The van der Waals surface area contributed by atoms with Gasteiger partial charge >= 0.3 is 0 Å². The Kier molecular flexibility index (Phi) is 11.5. The van der Waals surface area contributed by atoms with Crippen molar-refractivity contribution in [3.05, 3.63) is 86.8 Å². The molecule has 1 fully saturated rings. The quantitative estimate of drug-likeness (QED) is 0.236. The Balaban J connectivity index is 0.00000141. The first-order valence-electron chi connectivity index (χ1n) is 12.3. The van der Waals surface area contributed by atoms with Crippen molar-refractivity contribution in [1.29, 1.82) is 0 Å². The third kappa shape index (κ3) is 9.03. The van der Waals surface area contributed by atoms with Gasteiger partial charge in [0.1, 0.15) is 12.4 Å². The molecule has 1 amide bonds. The van der Waals surface area contributed by atoms with Crippen molar-refractivity contribution in [3.8, 4) is 5.75 Å². The number of amides is 1. The van der Waals surface area contributed by atoms with E-state index in [0.717, 1.165) is 46.9 Å². The summed E-state index contributed by atoms with van der Waals surface area (Å²) < 4.78 is 30.5. The van der Waals surface area contributed by atoms with Gasteiger partial charge in [0.15, 0.2) is 9.84 Å². The van der Waals surface area contributed by atoms with E-state index in [4.69, 9.17) is 26.2 Å². The Morgan fingerprint density at radius 3 is 2.55 bits per heavy atom. The molecule has 0 saturated heterocycles. The molecule has 0 spiro atoms. The maximum atomic E-state index is 12.8. The summed E-state index contributed by atoms with van der Waals surface area (Å²) in [7, 11) is -3.43. The second-order valence-electron chi connectivity index (χ2n) is 9.20. The van der Waals surface area contributed by atoms with E-state index in [-0.39, 0.29) is 40.7 Å².